The number of esters is 1. The molecule has 0 aliphatic carbocycles. The Labute approximate surface area is 150 Å². The largest absolute Gasteiger partial charge is 0.465 e. The van der Waals surface area contributed by atoms with Crippen LogP contribution in [-0.4, -0.2) is 23.0 Å². The van der Waals surface area contributed by atoms with E-state index in [1.165, 1.54) is 57.6 Å². The quantitative estimate of drug-likeness (QED) is 0.439. The predicted octanol–water partition coefficient (Wildman–Crippen LogP) is 5.22. The molecule has 0 radical (unpaired) electrons. The number of ether oxygens (including phenoxy) is 1. The summed E-state index contributed by atoms with van der Waals surface area (Å²) in [5, 5.41) is 0. The minimum Gasteiger partial charge on any atom is -0.465 e. The lowest BCUT2D eigenvalue weighted by Crippen LogP contribution is -2.00. The molecule has 0 unspecified atom stereocenters. The molecule has 1 aromatic heterocycles. The van der Waals surface area contributed by atoms with Gasteiger partial charge in [-0.3, -0.25) is 0 Å². The van der Waals surface area contributed by atoms with Gasteiger partial charge in [-0.25, -0.2) is 14.8 Å². The van der Waals surface area contributed by atoms with Gasteiger partial charge in [-0.1, -0.05) is 57.6 Å². The maximum Gasteiger partial charge on any atom is 0.337 e. The van der Waals surface area contributed by atoms with Crippen LogP contribution in [0.15, 0.2) is 36.7 Å². The fraction of sp³-hybridized carbons (Fsp3) is 0.476. The molecule has 4 heteroatoms. The van der Waals surface area contributed by atoms with Crippen molar-refractivity contribution in [2.75, 3.05) is 7.11 Å². The van der Waals surface area contributed by atoms with Crippen molar-refractivity contribution in [2.45, 2.75) is 58.3 Å². The van der Waals surface area contributed by atoms with E-state index in [1.54, 1.807) is 12.1 Å². The lowest BCUT2D eigenvalue weighted by molar-refractivity contribution is 0.0601. The number of methoxy groups -OCH3 is 1. The van der Waals surface area contributed by atoms with E-state index >= 15 is 0 Å². The van der Waals surface area contributed by atoms with Gasteiger partial charge in [0.1, 0.15) is 0 Å². The molecule has 0 saturated heterocycles. The van der Waals surface area contributed by atoms with Crippen molar-refractivity contribution in [3.8, 4) is 11.4 Å². The summed E-state index contributed by atoms with van der Waals surface area (Å²) >= 11 is 0. The van der Waals surface area contributed by atoms with Gasteiger partial charge in [-0.2, -0.15) is 0 Å². The highest BCUT2D eigenvalue weighted by Crippen LogP contribution is 2.17. The van der Waals surface area contributed by atoms with E-state index in [9.17, 15) is 4.79 Å². The fourth-order valence-corrected chi connectivity index (χ4v) is 2.79. The van der Waals surface area contributed by atoms with Crippen molar-refractivity contribution in [1.29, 1.82) is 0 Å². The van der Waals surface area contributed by atoms with Gasteiger partial charge in [0.15, 0.2) is 5.82 Å². The van der Waals surface area contributed by atoms with E-state index in [0.29, 0.717) is 11.4 Å². The summed E-state index contributed by atoms with van der Waals surface area (Å²) in [6.45, 7) is 2.25. The van der Waals surface area contributed by atoms with E-state index in [1.807, 2.05) is 24.5 Å². The predicted molar refractivity (Wildman–Crippen MR) is 101 cm³/mol. The molecule has 134 valence electrons. The standard InChI is InChI=1S/C21H28N2O2/c1-3-4-5-6-7-8-9-10-17-15-22-20(23-16-17)18-11-13-19(14-12-18)21(24)25-2/h11-16H,3-10H2,1-2H3. The first-order valence-electron chi connectivity index (χ1n) is 9.24. The van der Waals surface area contributed by atoms with Crippen molar-refractivity contribution in [1.82, 2.24) is 9.97 Å². The number of benzene rings is 1. The minimum atomic E-state index is -0.336. The van der Waals surface area contributed by atoms with Gasteiger partial charge < -0.3 is 4.74 Å². The van der Waals surface area contributed by atoms with Crippen LogP contribution in [0.1, 0.15) is 67.8 Å². The molecule has 2 aromatic rings. The first kappa shape index (κ1) is 19.1. The van der Waals surface area contributed by atoms with Gasteiger partial charge in [-0.05, 0) is 30.5 Å². The van der Waals surface area contributed by atoms with Crippen LogP contribution in [0.2, 0.25) is 0 Å². The van der Waals surface area contributed by atoms with Crippen LogP contribution in [0.4, 0.5) is 0 Å². The Balaban J connectivity index is 1.80. The number of unbranched alkanes of at least 4 members (excludes halogenated alkanes) is 6. The molecule has 1 aromatic carbocycles. The highest BCUT2D eigenvalue weighted by atomic mass is 16.5. The highest BCUT2D eigenvalue weighted by molar-refractivity contribution is 5.89. The Kier molecular flexibility index (Phi) is 8.10. The number of aryl methyl sites for hydroxylation is 1. The molecule has 0 saturated carbocycles. The van der Waals surface area contributed by atoms with Crippen LogP contribution in [0.3, 0.4) is 0 Å². The molecular weight excluding hydrogens is 312 g/mol. The van der Waals surface area contributed by atoms with E-state index in [4.69, 9.17) is 4.74 Å². The van der Waals surface area contributed by atoms with Crippen molar-refractivity contribution in [3.63, 3.8) is 0 Å². The van der Waals surface area contributed by atoms with E-state index in [0.717, 1.165) is 12.0 Å². The molecule has 2 rings (SSSR count). The number of rotatable bonds is 10. The number of hydrogen-bond acceptors (Lipinski definition) is 4. The summed E-state index contributed by atoms with van der Waals surface area (Å²) in [7, 11) is 1.38. The average Bonchev–Trinajstić information content (AvgIpc) is 2.67. The van der Waals surface area contributed by atoms with E-state index < -0.39 is 0 Å². The molecule has 0 fully saturated rings. The minimum absolute atomic E-state index is 0.336. The van der Waals surface area contributed by atoms with Gasteiger partial charge in [0.2, 0.25) is 0 Å². The number of nitrogens with zero attached hydrogens (tertiary/aromatic N) is 2. The third kappa shape index (κ3) is 6.29. The molecule has 0 N–H and O–H groups in total. The van der Waals surface area contributed by atoms with Crippen LogP contribution in [0.25, 0.3) is 11.4 Å². The Morgan fingerprint density at radius 2 is 1.52 bits per heavy atom. The van der Waals surface area contributed by atoms with Gasteiger partial charge in [0, 0.05) is 18.0 Å². The van der Waals surface area contributed by atoms with Crippen LogP contribution < -0.4 is 0 Å². The highest BCUT2D eigenvalue weighted by Gasteiger charge is 2.06. The second-order valence-corrected chi connectivity index (χ2v) is 6.36. The number of hydrogen-bond donors (Lipinski definition) is 0. The molecular formula is C21H28N2O2. The van der Waals surface area contributed by atoms with E-state index in [2.05, 4.69) is 16.9 Å². The van der Waals surface area contributed by atoms with Crippen molar-refractivity contribution < 1.29 is 9.53 Å². The number of carbonyl (C=O) groups excluding carboxylic acids is 1. The Bertz CT molecular complexity index is 636. The first-order chi connectivity index (χ1) is 12.2. The first-order valence-corrected chi connectivity index (χ1v) is 9.24. The molecule has 4 nitrogen and oxygen atoms in total. The summed E-state index contributed by atoms with van der Waals surface area (Å²) in [6.07, 6.45) is 14.0. The SMILES string of the molecule is CCCCCCCCCc1cnc(-c2ccc(C(=O)OC)cc2)nc1. The van der Waals surface area contributed by atoms with Gasteiger partial charge in [-0.15, -0.1) is 0 Å². The van der Waals surface area contributed by atoms with Crippen molar-refractivity contribution in [2.24, 2.45) is 0 Å². The zero-order valence-corrected chi connectivity index (χ0v) is 15.3. The molecule has 0 atom stereocenters. The van der Waals surface area contributed by atoms with Crippen LogP contribution >= 0.6 is 0 Å². The summed E-state index contributed by atoms with van der Waals surface area (Å²) in [4.78, 5) is 20.4. The second kappa shape index (κ2) is 10.6. The average molecular weight is 340 g/mol. The van der Waals surface area contributed by atoms with Crippen molar-refractivity contribution in [3.05, 3.63) is 47.8 Å². The van der Waals surface area contributed by atoms with Crippen LogP contribution in [0.5, 0.6) is 0 Å². The molecule has 0 aliphatic heterocycles. The molecule has 0 bridgehead atoms. The summed E-state index contributed by atoms with van der Waals surface area (Å²) in [5.74, 6) is 0.345. The Hall–Kier alpha value is -2.23. The number of aromatic nitrogens is 2. The summed E-state index contributed by atoms with van der Waals surface area (Å²) < 4.78 is 4.70. The molecule has 0 spiro atoms. The molecule has 0 amide bonds. The van der Waals surface area contributed by atoms with Gasteiger partial charge >= 0.3 is 5.97 Å². The maximum absolute atomic E-state index is 11.5. The molecule has 1 heterocycles. The monoisotopic (exact) mass is 340 g/mol. The molecule has 25 heavy (non-hydrogen) atoms. The van der Waals surface area contributed by atoms with Gasteiger partial charge in [0.25, 0.3) is 0 Å². The van der Waals surface area contributed by atoms with Crippen molar-refractivity contribution >= 4 is 5.97 Å². The maximum atomic E-state index is 11.5. The lowest BCUT2D eigenvalue weighted by Gasteiger charge is -2.04. The van der Waals surface area contributed by atoms with E-state index in [-0.39, 0.29) is 5.97 Å². The Morgan fingerprint density at radius 1 is 0.920 bits per heavy atom. The third-order valence-corrected chi connectivity index (χ3v) is 4.34. The summed E-state index contributed by atoms with van der Waals surface area (Å²) in [6, 6.07) is 7.16. The normalized spacial score (nSPS) is 10.6. The topological polar surface area (TPSA) is 52.1 Å². The third-order valence-electron chi connectivity index (χ3n) is 4.34. The zero-order chi connectivity index (χ0) is 17.9. The van der Waals surface area contributed by atoms with Gasteiger partial charge in [0.05, 0.1) is 12.7 Å². The Morgan fingerprint density at radius 3 is 2.12 bits per heavy atom. The zero-order valence-electron chi connectivity index (χ0n) is 15.3. The van der Waals surface area contributed by atoms with Crippen LogP contribution in [-0.2, 0) is 11.2 Å². The van der Waals surface area contributed by atoms with Crippen LogP contribution in [0, 0.1) is 0 Å². The summed E-state index contributed by atoms with van der Waals surface area (Å²) in [5.41, 5.74) is 2.61. The molecule has 0 aliphatic rings. The number of carbonyl (C=O) groups is 1. The second-order valence-electron chi connectivity index (χ2n) is 6.36. The smallest absolute Gasteiger partial charge is 0.337 e. The fourth-order valence-electron chi connectivity index (χ4n) is 2.79. The lowest BCUT2D eigenvalue weighted by atomic mass is 10.1.